The van der Waals surface area contributed by atoms with Gasteiger partial charge in [-0.2, -0.15) is 5.26 Å². The number of nitriles is 1. The lowest BCUT2D eigenvalue weighted by molar-refractivity contribution is -0.136. The van der Waals surface area contributed by atoms with Gasteiger partial charge in [-0.1, -0.05) is 49.4 Å². The van der Waals surface area contributed by atoms with Gasteiger partial charge < -0.3 is 4.90 Å². The van der Waals surface area contributed by atoms with Crippen LogP contribution in [-0.2, 0) is 29.0 Å². The molecule has 0 unspecified atom stereocenters. The van der Waals surface area contributed by atoms with Crippen LogP contribution < -0.4 is 10.2 Å². The maximum atomic E-state index is 15.5. The average Bonchev–Trinajstić information content (AvgIpc) is 3.35. The normalized spacial score (nSPS) is 19.8. The summed E-state index contributed by atoms with van der Waals surface area (Å²) in [6, 6.07) is 23.3. The van der Waals surface area contributed by atoms with Gasteiger partial charge in [0.25, 0.3) is 0 Å². The lowest BCUT2D eigenvalue weighted by Gasteiger charge is -2.36. The van der Waals surface area contributed by atoms with Crippen LogP contribution in [0.15, 0.2) is 66.7 Å². The van der Waals surface area contributed by atoms with E-state index in [-0.39, 0.29) is 29.8 Å². The summed E-state index contributed by atoms with van der Waals surface area (Å²) in [6.07, 6.45) is 1.78. The fourth-order valence-electron chi connectivity index (χ4n) is 7.49. The number of Topliss-reactive ketones (excluding diaryl/α,β-unsaturated/α-hetero) is 1. The van der Waals surface area contributed by atoms with Gasteiger partial charge in [0.15, 0.2) is 5.78 Å². The molecule has 0 aromatic heterocycles. The second-order valence-electron chi connectivity index (χ2n) is 12.6. The lowest BCUT2D eigenvalue weighted by Crippen LogP contribution is -2.46. The zero-order valence-electron chi connectivity index (χ0n) is 25.8. The first-order valence-electron chi connectivity index (χ1n) is 16.0. The number of nitrogens with one attached hydrogen (secondary N) is 1. The Bertz CT molecular complexity index is 1940. The number of ketones is 1. The molecule has 7 rings (SSSR count). The maximum Gasteiger partial charge on any atom is 0.230 e. The summed E-state index contributed by atoms with van der Waals surface area (Å²) in [5.74, 6) is -2.22. The smallest absolute Gasteiger partial charge is 0.230 e. The molecule has 2 heterocycles. The third-order valence-electron chi connectivity index (χ3n) is 9.96. The van der Waals surface area contributed by atoms with E-state index in [9.17, 15) is 19.6 Å². The van der Waals surface area contributed by atoms with Crippen molar-refractivity contribution in [3.8, 4) is 6.07 Å². The Balaban J connectivity index is 1.04. The summed E-state index contributed by atoms with van der Waals surface area (Å²) in [7, 11) is 0. The van der Waals surface area contributed by atoms with Crippen molar-refractivity contribution in [2.75, 3.05) is 31.1 Å². The fraction of sp³-hybridized carbons (Fsp3) is 0.316. The van der Waals surface area contributed by atoms with E-state index in [0.29, 0.717) is 30.5 Å². The van der Waals surface area contributed by atoms with Crippen molar-refractivity contribution in [3.05, 3.63) is 111 Å². The Kier molecular flexibility index (Phi) is 7.87. The van der Waals surface area contributed by atoms with E-state index >= 15 is 4.39 Å². The van der Waals surface area contributed by atoms with Crippen LogP contribution in [0.3, 0.4) is 0 Å². The van der Waals surface area contributed by atoms with E-state index in [4.69, 9.17) is 0 Å². The molecule has 232 valence electrons. The molecule has 2 atom stereocenters. The summed E-state index contributed by atoms with van der Waals surface area (Å²) < 4.78 is 15.5. The molecule has 46 heavy (non-hydrogen) atoms. The number of piperidine rings is 1. The minimum Gasteiger partial charge on any atom is -0.369 e. The van der Waals surface area contributed by atoms with Crippen LogP contribution in [0, 0.1) is 23.1 Å². The van der Waals surface area contributed by atoms with E-state index in [1.807, 2.05) is 48.5 Å². The van der Waals surface area contributed by atoms with E-state index < -0.39 is 11.8 Å². The number of carbonyl (C=O) groups excluding carboxylic acids is 3. The van der Waals surface area contributed by atoms with Gasteiger partial charge in [-0.3, -0.25) is 24.6 Å². The first kappa shape index (κ1) is 29.8. The Morgan fingerprint density at radius 3 is 2.48 bits per heavy atom. The van der Waals surface area contributed by atoms with E-state index in [1.165, 1.54) is 0 Å². The first-order chi connectivity index (χ1) is 22.3. The molecule has 2 saturated heterocycles. The van der Waals surface area contributed by atoms with Crippen molar-refractivity contribution >= 4 is 34.1 Å². The third-order valence-corrected chi connectivity index (χ3v) is 9.96. The molecule has 4 aromatic carbocycles. The number of anilines is 1. The number of hydrogen-bond donors (Lipinski definition) is 1. The highest BCUT2D eigenvalue weighted by molar-refractivity contribution is 6.20. The van der Waals surface area contributed by atoms with Crippen molar-refractivity contribution in [1.82, 2.24) is 10.2 Å². The Morgan fingerprint density at radius 2 is 1.74 bits per heavy atom. The molecule has 0 saturated carbocycles. The van der Waals surface area contributed by atoms with Crippen molar-refractivity contribution in [2.45, 2.75) is 45.1 Å². The number of aryl methyl sites for hydroxylation is 1. The number of rotatable bonds is 7. The van der Waals surface area contributed by atoms with Gasteiger partial charge in [0.2, 0.25) is 11.8 Å². The van der Waals surface area contributed by atoms with Gasteiger partial charge in [0.1, 0.15) is 5.82 Å². The van der Waals surface area contributed by atoms with Crippen molar-refractivity contribution in [1.29, 1.82) is 5.26 Å². The minimum absolute atomic E-state index is 0.0915. The van der Waals surface area contributed by atoms with Crippen LogP contribution in [0.2, 0.25) is 0 Å². The highest BCUT2D eigenvalue weighted by Crippen LogP contribution is 2.45. The second kappa shape index (κ2) is 12.1. The van der Waals surface area contributed by atoms with Gasteiger partial charge in [0.05, 0.1) is 23.5 Å². The van der Waals surface area contributed by atoms with Gasteiger partial charge in [-0.15, -0.1) is 0 Å². The molecule has 3 aliphatic rings. The van der Waals surface area contributed by atoms with Crippen LogP contribution in [-0.4, -0.2) is 48.7 Å². The summed E-state index contributed by atoms with van der Waals surface area (Å²) in [5.41, 5.74) is 6.79. The number of benzene rings is 4. The molecule has 0 radical (unpaired) electrons. The SMILES string of the molecule is CCc1cc(N2CCN(Cc3ccc(Cc4ccc5c6c(cccc46)C(=O)[C@H]5[C@H]4CCC(=O)NC4=O)c(F)c3)CC2)ccc1C#N. The molecule has 0 spiro atoms. The number of hydrogen-bond acceptors (Lipinski definition) is 6. The van der Waals surface area contributed by atoms with Gasteiger partial charge >= 0.3 is 0 Å². The Labute approximate surface area is 267 Å². The predicted molar refractivity (Wildman–Crippen MR) is 174 cm³/mol. The topological polar surface area (TPSA) is 93.5 Å². The Hall–Kier alpha value is -4.87. The zero-order valence-corrected chi connectivity index (χ0v) is 25.8. The standard InChI is InChI=1S/C38H35FN4O3/c1-2-24-20-28(10-8-27(24)21-40)43-16-14-42(15-17-43)22-23-6-7-26(33(39)18-23)19-25-9-11-30-35-29(25)4-3-5-31(35)37(45)36(30)32-12-13-34(44)41-38(32)46/h3-11,18,20,32,36H,2,12-17,19,22H2,1H3,(H,41,44,46)/t32-,36-/m1/s1. The molecule has 2 fully saturated rings. The second-order valence-corrected chi connectivity index (χ2v) is 12.6. The van der Waals surface area contributed by atoms with Crippen molar-refractivity contribution < 1.29 is 18.8 Å². The van der Waals surface area contributed by atoms with E-state index in [1.54, 1.807) is 12.1 Å². The molecule has 4 aromatic rings. The summed E-state index contributed by atoms with van der Waals surface area (Å²) in [6.45, 7) is 6.20. The largest absolute Gasteiger partial charge is 0.369 e. The van der Waals surface area contributed by atoms with Gasteiger partial charge in [0, 0.05) is 56.8 Å². The predicted octanol–water partition coefficient (Wildman–Crippen LogP) is 5.66. The Morgan fingerprint density at radius 1 is 0.935 bits per heavy atom. The zero-order chi connectivity index (χ0) is 31.9. The highest BCUT2D eigenvalue weighted by Gasteiger charge is 2.43. The van der Waals surface area contributed by atoms with Crippen LogP contribution in [0.25, 0.3) is 10.8 Å². The number of halogens is 1. The molecular formula is C38H35FN4O3. The molecule has 1 aliphatic carbocycles. The molecule has 2 aliphatic heterocycles. The van der Waals surface area contributed by atoms with Crippen LogP contribution in [0.5, 0.6) is 0 Å². The number of nitrogens with zero attached hydrogens (tertiary/aromatic N) is 3. The molecule has 8 heteroatoms. The summed E-state index contributed by atoms with van der Waals surface area (Å²) in [5, 5.41) is 13.5. The van der Waals surface area contributed by atoms with E-state index in [2.05, 4.69) is 34.2 Å². The highest BCUT2D eigenvalue weighted by atomic mass is 19.1. The first-order valence-corrected chi connectivity index (χ1v) is 16.0. The summed E-state index contributed by atoms with van der Waals surface area (Å²) >= 11 is 0. The lowest BCUT2D eigenvalue weighted by atomic mass is 9.80. The van der Waals surface area contributed by atoms with Crippen LogP contribution in [0.4, 0.5) is 10.1 Å². The van der Waals surface area contributed by atoms with Gasteiger partial charge in [-0.05, 0) is 75.7 Å². The molecule has 1 N–H and O–H groups in total. The van der Waals surface area contributed by atoms with Crippen LogP contribution >= 0.6 is 0 Å². The quantitative estimate of drug-likeness (QED) is 0.270. The fourth-order valence-corrected chi connectivity index (χ4v) is 7.49. The number of imide groups is 1. The number of amides is 2. The number of carbonyl (C=O) groups is 3. The average molecular weight is 615 g/mol. The van der Waals surface area contributed by atoms with E-state index in [0.717, 1.165) is 76.9 Å². The molecule has 0 bridgehead atoms. The molecule has 2 amide bonds. The van der Waals surface area contributed by atoms with Gasteiger partial charge in [-0.25, -0.2) is 4.39 Å². The monoisotopic (exact) mass is 614 g/mol. The van der Waals surface area contributed by atoms with Crippen molar-refractivity contribution in [3.63, 3.8) is 0 Å². The maximum absolute atomic E-state index is 15.5. The number of piperazine rings is 1. The summed E-state index contributed by atoms with van der Waals surface area (Å²) in [4.78, 5) is 42.6. The van der Waals surface area contributed by atoms with Crippen molar-refractivity contribution in [2.24, 2.45) is 5.92 Å². The van der Waals surface area contributed by atoms with Crippen LogP contribution in [0.1, 0.15) is 69.4 Å². The third kappa shape index (κ3) is 5.35. The minimum atomic E-state index is -0.613. The molecule has 7 nitrogen and oxygen atoms in total. The molecular weight excluding hydrogens is 579 g/mol.